The summed E-state index contributed by atoms with van der Waals surface area (Å²) in [4.78, 5) is 9.04. The number of nitrogens with one attached hydrogen (secondary N) is 2. The Bertz CT molecular complexity index is 585. The summed E-state index contributed by atoms with van der Waals surface area (Å²) < 4.78 is 5.32. The van der Waals surface area contributed by atoms with Crippen LogP contribution in [0.15, 0.2) is 22.5 Å². The van der Waals surface area contributed by atoms with Crippen LogP contribution in [0.25, 0.3) is 0 Å². The molecule has 1 aliphatic heterocycles. The molecule has 6 heteroatoms. The van der Waals surface area contributed by atoms with E-state index in [1.165, 1.54) is 50.1 Å². The van der Waals surface area contributed by atoms with Crippen LogP contribution in [0, 0.1) is 11.3 Å². The average molecular weight is 407 g/mol. The van der Waals surface area contributed by atoms with Gasteiger partial charge in [-0.2, -0.15) is 0 Å². The zero-order valence-electron chi connectivity index (χ0n) is 17.7. The smallest absolute Gasteiger partial charge is 0.191 e. The van der Waals surface area contributed by atoms with Crippen LogP contribution in [0.3, 0.4) is 0 Å². The lowest BCUT2D eigenvalue weighted by atomic mass is 9.67. The van der Waals surface area contributed by atoms with Gasteiger partial charge in [-0.1, -0.05) is 12.5 Å². The van der Waals surface area contributed by atoms with Gasteiger partial charge in [-0.15, -0.1) is 11.3 Å². The van der Waals surface area contributed by atoms with Gasteiger partial charge in [-0.25, -0.2) is 0 Å². The highest BCUT2D eigenvalue weighted by atomic mass is 32.1. The number of hydrogen-bond donors (Lipinski definition) is 2. The lowest BCUT2D eigenvalue weighted by Gasteiger charge is -2.41. The van der Waals surface area contributed by atoms with Crippen molar-refractivity contribution in [1.29, 1.82) is 0 Å². The first-order chi connectivity index (χ1) is 13.7. The van der Waals surface area contributed by atoms with Crippen molar-refractivity contribution < 1.29 is 4.74 Å². The molecule has 1 unspecified atom stereocenters. The number of guanidine groups is 1. The van der Waals surface area contributed by atoms with Crippen molar-refractivity contribution in [2.75, 3.05) is 46.4 Å². The van der Waals surface area contributed by atoms with Crippen LogP contribution in [0.5, 0.6) is 0 Å². The predicted molar refractivity (Wildman–Crippen MR) is 119 cm³/mol. The molecule has 1 aromatic heterocycles. The van der Waals surface area contributed by atoms with Crippen LogP contribution >= 0.6 is 11.3 Å². The van der Waals surface area contributed by atoms with E-state index in [4.69, 9.17) is 9.73 Å². The highest BCUT2D eigenvalue weighted by Gasteiger charge is 2.36. The maximum absolute atomic E-state index is 5.32. The van der Waals surface area contributed by atoms with Crippen LogP contribution in [-0.4, -0.2) is 57.3 Å². The van der Waals surface area contributed by atoms with Crippen molar-refractivity contribution in [3.63, 3.8) is 0 Å². The molecule has 2 aliphatic rings. The van der Waals surface area contributed by atoms with Crippen molar-refractivity contribution in [3.8, 4) is 0 Å². The zero-order valence-corrected chi connectivity index (χ0v) is 18.5. The number of piperidine rings is 1. The lowest BCUT2D eigenvalue weighted by molar-refractivity contribution is 0.0778. The van der Waals surface area contributed by atoms with Crippen LogP contribution in [0.1, 0.15) is 50.3 Å². The first-order valence-corrected chi connectivity index (χ1v) is 11.9. The summed E-state index contributed by atoms with van der Waals surface area (Å²) in [7, 11) is 1.80. The van der Waals surface area contributed by atoms with Crippen LogP contribution < -0.4 is 10.6 Å². The largest absolute Gasteiger partial charge is 0.385 e. The molecule has 3 rings (SSSR count). The number of likely N-dealkylation sites (tertiary alicyclic amines) is 1. The molecular formula is C22H38N4OS. The molecule has 0 radical (unpaired) electrons. The van der Waals surface area contributed by atoms with Crippen LogP contribution in [-0.2, 0) is 11.3 Å². The summed E-state index contributed by atoms with van der Waals surface area (Å²) in [6.45, 7) is 9.34. The quantitative estimate of drug-likeness (QED) is 0.459. The Morgan fingerprint density at radius 1 is 1.36 bits per heavy atom. The van der Waals surface area contributed by atoms with Crippen molar-refractivity contribution in [2.45, 2.75) is 52.0 Å². The second-order valence-electron chi connectivity index (χ2n) is 8.50. The van der Waals surface area contributed by atoms with E-state index < -0.39 is 0 Å². The molecule has 0 amide bonds. The second-order valence-corrected chi connectivity index (χ2v) is 9.53. The molecule has 1 aliphatic carbocycles. The molecule has 28 heavy (non-hydrogen) atoms. The summed E-state index contributed by atoms with van der Waals surface area (Å²) in [5.41, 5.74) is 0.376. The van der Waals surface area contributed by atoms with Crippen LogP contribution in [0.4, 0.5) is 0 Å². The molecule has 5 nitrogen and oxygen atoms in total. The van der Waals surface area contributed by atoms with E-state index in [1.54, 1.807) is 7.11 Å². The first-order valence-electron chi connectivity index (χ1n) is 11.0. The summed E-state index contributed by atoms with van der Waals surface area (Å²) in [5, 5.41) is 9.25. The standard InChI is InChI=1S/C22H38N4OS/c1-3-23-21(25-18-22(9-6-10-22)11-13-27-2)24-15-19-7-4-12-26(16-19)17-20-8-5-14-28-20/h5,8,14,19H,3-4,6-7,9-13,15-18H2,1-2H3,(H2,23,24,25). The average Bonchev–Trinajstić information content (AvgIpc) is 3.18. The Morgan fingerprint density at radius 3 is 2.93 bits per heavy atom. The molecule has 1 aromatic rings. The summed E-state index contributed by atoms with van der Waals surface area (Å²) in [6, 6.07) is 4.41. The molecule has 2 fully saturated rings. The minimum atomic E-state index is 0.376. The molecule has 1 atom stereocenters. The van der Waals surface area contributed by atoms with E-state index in [9.17, 15) is 0 Å². The molecule has 1 saturated heterocycles. The SMILES string of the molecule is CCNC(=NCC1(CCOC)CCC1)NCC1CCCN(Cc2cccs2)C1. The van der Waals surface area contributed by atoms with E-state index in [1.807, 2.05) is 11.3 Å². The molecule has 0 bridgehead atoms. The first kappa shape index (κ1) is 21.6. The molecule has 2 heterocycles. The molecule has 0 aromatic carbocycles. The summed E-state index contributed by atoms with van der Waals surface area (Å²) >= 11 is 1.87. The Hall–Kier alpha value is -1.11. The fourth-order valence-corrected chi connectivity index (χ4v) is 5.14. The fourth-order valence-electron chi connectivity index (χ4n) is 4.40. The monoisotopic (exact) mass is 406 g/mol. The van der Waals surface area contributed by atoms with E-state index in [2.05, 4.69) is 40.0 Å². The van der Waals surface area contributed by atoms with Gasteiger partial charge in [0.25, 0.3) is 0 Å². The van der Waals surface area contributed by atoms with E-state index in [0.29, 0.717) is 11.3 Å². The normalized spacial score (nSPS) is 22.6. The lowest BCUT2D eigenvalue weighted by Crippen LogP contribution is -2.45. The van der Waals surface area contributed by atoms with Crippen molar-refractivity contribution in [3.05, 3.63) is 22.4 Å². The molecule has 0 spiro atoms. The number of hydrogen-bond acceptors (Lipinski definition) is 4. The molecule has 1 saturated carbocycles. The molecule has 2 N–H and O–H groups in total. The number of ether oxygens (including phenoxy) is 1. The molecule has 158 valence electrons. The van der Waals surface area contributed by atoms with Gasteiger partial charge >= 0.3 is 0 Å². The van der Waals surface area contributed by atoms with Crippen molar-refractivity contribution >= 4 is 17.3 Å². The summed E-state index contributed by atoms with van der Waals surface area (Å²) in [5.74, 6) is 1.69. The van der Waals surface area contributed by atoms with E-state index in [-0.39, 0.29) is 0 Å². The minimum Gasteiger partial charge on any atom is -0.385 e. The number of methoxy groups -OCH3 is 1. The Balaban J connectivity index is 1.47. The van der Waals surface area contributed by atoms with E-state index >= 15 is 0 Å². The highest BCUT2D eigenvalue weighted by Crippen LogP contribution is 2.44. The number of rotatable bonds is 10. The number of thiophene rings is 1. The Labute approximate surface area is 174 Å². The van der Waals surface area contributed by atoms with Gasteiger partial charge in [-0.05, 0) is 68.4 Å². The summed E-state index contributed by atoms with van der Waals surface area (Å²) in [6.07, 6.45) is 7.66. The van der Waals surface area contributed by atoms with E-state index in [0.717, 1.165) is 45.2 Å². The van der Waals surface area contributed by atoms with Gasteiger partial charge in [0.1, 0.15) is 0 Å². The van der Waals surface area contributed by atoms with Gasteiger partial charge in [0.05, 0.1) is 0 Å². The van der Waals surface area contributed by atoms with Crippen molar-refractivity contribution in [2.24, 2.45) is 16.3 Å². The van der Waals surface area contributed by atoms with Gasteiger partial charge in [0.2, 0.25) is 0 Å². The van der Waals surface area contributed by atoms with Crippen molar-refractivity contribution in [1.82, 2.24) is 15.5 Å². The second kappa shape index (κ2) is 11.2. The molecular weight excluding hydrogens is 368 g/mol. The third kappa shape index (κ3) is 6.46. The zero-order chi connectivity index (χ0) is 19.7. The third-order valence-corrected chi connectivity index (χ3v) is 7.15. The number of nitrogens with zero attached hydrogens (tertiary/aromatic N) is 2. The minimum absolute atomic E-state index is 0.376. The fraction of sp³-hybridized carbons (Fsp3) is 0.773. The van der Waals surface area contributed by atoms with Crippen LogP contribution in [0.2, 0.25) is 0 Å². The maximum atomic E-state index is 5.32. The third-order valence-electron chi connectivity index (χ3n) is 6.29. The topological polar surface area (TPSA) is 48.9 Å². The maximum Gasteiger partial charge on any atom is 0.191 e. The van der Waals surface area contributed by atoms with Gasteiger partial charge < -0.3 is 15.4 Å². The Kier molecular flexibility index (Phi) is 8.62. The van der Waals surface area contributed by atoms with Gasteiger partial charge in [-0.3, -0.25) is 9.89 Å². The van der Waals surface area contributed by atoms with Gasteiger partial charge in [0, 0.05) is 51.3 Å². The predicted octanol–water partition coefficient (Wildman–Crippen LogP) is 3.72. The Morgan fingerprint density at radius 2 is 2.25 bits per heavy atom. The van der Waals surface area contributed by atoms with Gasteiger partial charge in [0.15, 0.2) is 5.96 Å². The highest BCUT2D eigenvalue weighted by molar-refractivity contribution is 7.09. The number of aliphatic imine (C=N–C) groups is 1.